The lowest BCUT2D eigenvalue weighted by molar-refractivity contribution is -0.384. The van der Waals surface area contributed by atoms with Crippen LogP contribution in [-0.2, 0) is 16.4 Å². The Morgan fingerprint density at radius 1 is 1.03 bits per heavy atom. The number of carbonyl (C=O) groups excluding carboxylic acids is 1. The predicted molar refractivity (Wildman–Crippen MR) is 121 cm³/mol. The second-order valence-electron chi connectivity index (χ2n) is 7.20. The van der Waals surface area contributed by atoms with Crippen LogP contribution in [0.5, 0.6) is 0 Å². The number of non-ortho nitro benzene ring substituents is 1. The molecule has 32 heavy (non-hydrogen) atoms. The lowest BCUT2D eigenvalue weighted by atomic mass is 9.94. The van der Waals surface area contributed by atoms with Crippen molar-refractivity contribution in [2.75, 3.05) is 0 Å². The fourth-order valence-electron chi connectivity index (χ4n) is 3.59. The fraction of sp³-hybridized carbons (Fsp3) is 0.0870. The highest BCUT2D eigenvalue weighted by atomic mass is 35.5. The van der Waals surface area contributed by atoms with E-state index in [0.717, 1.165) is 34.1 Å². The lowest BCUT2D eigenvalue weighted by Gasteiger charge is -2.34. The summed E-state index contributed by atoms with van der Waals surface area (Å²) in [6, 6.07) is 17.7. The molecule has 1 amide bonds. The molecule has 0 aliphatic carbocycles. The van der Waals surface area contributed by atoms with Crippen molar-refractivity contribution >= 4 is 39.3 Å². The number of sulfonamides is 1. The summed E-state index contributed by atoms with van der Waals surface area (Å²) in [5, 5.41) is 11.4. The summed E-state index contributed by atoms with van der Waals surface area (Å²) in [7, 11) is -4.28. The number of hydrogen-bond acceptors (Lipinski definition) is 5. The van der Waals surface area contributed by atoms with Crippen LogP contribution >= 0.6 is 11.6 Å². The van der Waals surface area contributed by atoms with Gasteiger partial charge in [-0.25, -0.2) is 12.7 Å². The van der Waals surface area contributed by atoms with Gasteiger partial charge in [-0.1, -0.05) is 54.1 Å². The highest BCUT2D eigenvalue weighted by Gasteiger charge is 2.40. The zero-order valence-electron chi connectivity index (χ0n) is 16.6. The standard InChI is InChI=1S/C23H17ClN2O5S/c24-18-7-13-22-17(14-18)15-20(8-6-16-4-2-1-3-5-16)25(23(22)27)32(30,31)21-11-9-19(10-12-21)26(28)29/h1-14,20H,15H2/b8-6+/t20-/m1/s1. The quantitative estimate of drug-likeness (QED) is 0.398. The van der Waals surface area contributed by atoms with Crippen LogP contribution in [0.4, 0.5) is 5.69 Å². The van der Waals surface area contributed by atoms with E-state index >= 15 is 0 Å². The maximum Gasteiger partial charge on any atom is 0.269 e. The Bertz CT molecular complexity index is 1320. The van der Waals surface area contributed by atoms with Gasteiger partial charge in [0.1, 0.15) is 0 Å². The SMILES string of the molecule is O=C1c2ccc(Cl)cc2C[C@@H](/C=C/c2ccccc2)N1S(=O)(=O)c1ccc([N+](=O)[O-])cc1. The van der Waals surface area contributed by atoms with Gasteiger partial charge in [-0.15, -0.1) is 0 Å². The molecule has 9 heteroatoms. The van der Waals surface area contributed by atoms with Crippen molar-refractivity contribution < 1.29 is 18.1 Å². The number of halogens is 1. The molecule has 162 valence electrons. The molecule has 0 unspecified atom stereocenters. The molecular formula is C23H17ClN2O5S. The number of fused-ring (bicyclic) bond motifs is 1. The van der Waals surface area contributed by atoms with Gasteiger partial charge in [-0.3, -0.25) is 14.9 Å². The number of nitrogens with zero attached hydrogens (tertiary/aromatic N) is 2. The van der Waals surface area contributed by atoms with Gasteiger partial charge < -0.3 is 0 Å². The second kappa shape index (κ2) is 8.57. The Labute approximate surface area is 189 Å². The summed E-state index contributed by atoms with van der Waals surface area (Å²) in [6.45, 7) is 0. The van der Waals surface area contributed by atoms with E-state index in [1.807, 2.05) is 30.3 Å². The molecule has 4 rings (SSSR count). The van der Waals surface area contributed by atoms with E-state index in [0.29, 0.717) is 10.6 Å². The molecule has 3 aromatic carbocycles. The van der Waals surface area contributed by atoms with Crippen LogP contribution in [0, 0.1) is 10.1 Å². The van der Waals surface area contributed by atoms with E-state index in [4.69, 9.17) is 11.6 Å². The molecule has 0 fully saturated rings. The van der Waals surface area contributed by atoms with E-state index in [1.54, 1.807) is 18.2 Å². The molecule has 0 N–H and O–H groups in total. The molecule has 0 bridgehead atoms. The van der Waals surface area contributed by atoms with Crippen molar-refractivity contribution in [3.8, 4) is 0 Å². The number of rotatable bonds is 5. The summed E-state index contributed by atoms with van der Waals surface area (Å²) in [4.78, 5) is 23.4. The van der Waals surface area contributed by atoms with Crippen LogP contribution in [0.15, 0.2) is 83.8 Å². The number of carbonyl (C=O) groups is 1. The zero-order chi connectivity index (χ0) is 22.9. The molecule has 7 nitrogen and oxygen atoms in total. The number of nitro groups is 1. The second-order valence-corrected chi connectivity index (χ2v) is 9.45. The van der Waals surface area contributed by atoms with Gasteiger partial charge in [-0.2, -0.15) is 0 Å². The Morgan fingerprint density at radius 3 is 2.38 bits per heavy atom. The van der Waals surface area contributed by atoms with Gasteiger partial charge in [0.25, 0.3) is 21.6 Å². The Morgan fingerprint density at radius 2 is 1.72 bits per heavy atom. The number of amides is 1. The Kier molecular flexibility index (Phi) is 5.82. The minimum atomic E-state index is -4.28. The van der Waals surface area contributed by atoms with Crippen LogP contribution in [0.3, 0.4) is 0 Å². The molecule has 1 heterocycles. The third kappa shape index (κ3) is 4.15. The maximum atomic E-state index is 13.5. The minimum absolute atomic E-state index is 0.202. The summed E-state index contributed by atoms with van der Waals surface area (Å²) < 4.78 is 27.7. The van der Waals surface area contributed by atoms with Crippen LogP contribution in [0.25, 0.3) is 6.08 Å². The Hall–Kier alpha value is -3.49. The first-order valence-corrected chi connectivity index (χ1v) is 11.4. The molecule has 1 atom stereocenters. The van der Waals surface area contributed by atoms with E-state index < -0.39 is 26.9 Å². The fourth-order valence-corrected chi connectivity index (χ4v) is 5.31. The van der Waals surface area contributed by atoms with Crippen molar-refractivity contribution in [1.29, 1.82) is 0 Å². The first kappa shape index (κ1) is 21.7. The zero-order valence-corrected chi connectivity index (χ0v) is 18.2. The van der Waals surface area contributed by atoms with Gasteiger partial charge in [0, 0.05) is 22.7 Å². The van der Waals surface area contributed by atoms with Gasteiger partial charge in [0.05, 0.1) is 15.9 Å². The van der Waals surface area contributed by atoms with Gasteiger partial charge in [-0.05, 0) is 47.9 Å². The number of benzene rings is 3. The van der Waals surface area contributed by atoms with Crippen molar-refractivity contribution in [1.82, 2.24) is 4.31 Å². The third-order valence-corrected chi connectivity index (χ3v) is 7.20. The molecule has 0 saturated heterocycles. The molecule has 1 aliphatic rings. The van der Waals surface area contributed by atoms with E-state index in [9.17, 15) is 23.3 Å². The molecular weight excluding hydrogens is 452 g/mol. The normalized spacial score (nSPS) is 16.2. The van der Waals surface area contributed by atoms with Crippen LogP contribution in [0.2, 0.25) is 5.02 Å². The van der Waals surface area contributed by atoms with Gasteiger partial charge in [0.15, 0.2) is 0 Å². The number of hydrogen-bond donors (Lipinski definition) is 0. The smallest absolute Gasteiger partial charge is 0.268 e. The third-order valence-electron chi connectivity index (χ3n) is 5.14. The largest absolute Gasteiger partial charge is 0.269 e. The maximum absolute atomic E-state index is 13.5. The summed E-state index contributed by atoms with van der Waals surface area (Å²) in [6.07, 6.45) is 3.67. The number of nitro benzene ring substituents is 1. The predicted octanol–water partition coefficient (Wildman–Crippen LogP) is 4.72. The van der Waals surface area contributed by atoms with Crippen molar-refractivity contribution in [2.45, 2.75) is 17.4 Å². The van der Waals surface area contributed by atoms with Crippen LogP contribution < -0.4 is 0 Å². The average Bonchev–Trinajstić information content (AvgIpc) is 2.78. The van der Waals surface area contributed by atoms with E-state index in [2.05, 4.69) is 0 Å². The summed E-state index contributed by atoms with van der Waals surface area (Å²) >= 11 is 6.09. The molecule has 0 spiro atoms. The topological polar surface area (TPSA) is 97.6 Å². The Balaban J connectivity index is 1.79. The molecule has 1 aliphatic heterocycles. The average molecular weight is 469 g/mol. The highest BCUT2D eigenvalue weighted by molar-refractivity contribution is 7.89. The molecule has 3 aromatic rings. The van der Waals surface area contributed by atoms with E-state index in [1.165, 1.54) is 12.1 Å². The lowest BCUT2D eigenvalue weighted by Crippen LogP contribution is -2.48. The first-order chi connectivity index (χ1) is 15.3. The molecule has 0 aromatic heterocycles. The molecule has 0 radical (unpaired) electrons. The first-order valence-electron chi connectivity index (χ1n) is 9.62. The van der Waals surface area contributed by atoms with Crippen molar-refractivity contribution in [3.63, 3.8) is 0 Å². The molecule has 0 saturated carbocycles. The van der Waals surface area contributed by atoms with Gasteiger partial charge in [0.2, 0.25) is 0 Å². The van der Waals surface area contributed by atoms with Crippen LogP contribution in [-0.4, -0.2) is 29.6 Å². The summed E-state index contributed by atoms with van der Waals surface area (Å²) in [5.41, 5.74) is 1.52. The van der Waals surface area contributed by atoms with Crippen molar-refractivity contribution in [2.24, 2.45) is 0 Å². The van der Waals surface area contributed by atoms with Crippen molar-refractivity contribution in [3.05, 3.63) is 111 Å². The van der Waals surface area contributed by atoms with E-state index in [-0.39, 0.29) is 22.6 Å². The van der Waals surface area contributed by atoms with Crippen LogP contribution in [0.1, 0.15) is 21.5 Å². The van der Waals surface area contributed by atoms with Gasteiger partial charge >= 0.3 is 0 Å². The summed E-state index contributed by atoms with van der Waals surface area (Å²) in [5.74, 6) is -0.677. The minimum Gasteiger partial charge on any atom is -0.268 e. The monoisotopic (exact) mass is 468 g/mol. The highest BCUT2D eigenvalue weighted by Crippen LogP contribution is 2.32.